The van der Waals surface area contributed by atoms with Crippen molar-refractivity contribution in [2.75, 3.05) is 17.1 Å². The van der Waals surface area contributed by atoms with Crippen molar-refractivity contribution in [2.24, 2.45) is 5.92 Å². The number of imide groups is 1. The van der Waals surface area contributed by atoms with Crippen molar-refractivity contribution in [3.63, 3.8) is 0 Å². The molecule has 0 radical (unpaired) electrons. The molecule has 0 unspecified atom stereocenters. The fourth-order valence-electron chi connectivity index (χ4n) is 5.06. The lowest BCUT2D eigenvalue weighted by atomic mass is 9.90. The summed E-state index contributed by atoms with van der Waals surface area (Å²) in [7, 11) is 1.60. The molecule has 2 fully saturated rings. The summed E-state index contributed by atoms with van der Waals surface area (Å²) in [6, 6.07) is 28.1. The number of para-hydroxylation sites is 1. The number of nitrogens with zero attached hydrogens (tertiary/aromatic N) is 2. The molecule has 6 rings (SSSR count). The van der Waals surface area contributed by atoms with Crippen LogP contribution in [0.25, 0.3) is 10.8 Å². The highest BCUT2D eigenvalue weighted by Gasteiger charge is 2.60. The second-order valence-electron chi connectivity index (χ2n) is 8.56. The molecule has 0 bridgehead atoms. The van der Waals surface area contributed by atoms with E-state index in [-0.39, 0.29) is 11.8 Å². The van der Waals surface area contributed by atoms with Gasteiger partial charge in [0.05, 0.1) is 29.0 Å². The van der Waals surface area contributed by atoms with Crippen LogP contribution < -0.4 is 14.7 Å². The number of benzene rings is 4. The van der Waals surface area contributed by atoms with Crippen molar-refractivity contribution >= 4 is 49.9 Å². The number of hydrogen-bond acceptors (Lipinski definition) is 5. The lowest BCUT2D eigenvalue weighted by molar-refractivity contribution is -0.126. The van der Waals surface area contributed by atoms with Crippen molar-refractivity contribution < 1.29 is 19.2 Å². The molecule has 35 heavy (non-hydrogen) atoms. The van der Waals surface area contributed by atoms with Crippen LogP contribution in [0.3, 0.4) is 0 Å². The molecule has 2 saturated heterocycles. The number of rotatable bonds is 4. The standard InChI is InChI=1S/C28H21BrN2O4/c1-34-23-15-14-18(16-21(23)29)25-24-26(35-31(25)19-10-3-2-4-11-19)28(33)30(27(24)32)22-13-7-9-17-8-5-6-12-20(17)22/h2-16,24-26H,1H3/t24-,25-,26-/m1/s1. The Hall–Kier alpha value is -3.68. The molecule has 2 aliphatic heterocycles. The van der Waals surface area contributed by atoms with Crippen LogP contribution in [0, 0.1) is 5.92 Å². The van der Waals surface area contributed by atoms with E-state index < -0.39 is 18.1 Å². The van der Waals surface area contributed by atoms with E-state index in [2.05, 4.69) is 15.9 Å². The second-order valence-corrected chi connectivity index (χ2v) is 9.42. The van der Waals surface area contributed by atoms with E-state index in [1.54, 1.807) is 12.2 Å². The number of amides is 2. The normalized spacial score (nSPS) is 21.6. The van der Waals surface area contributed by atoms with Gasteiger partial charge in [-0.25, -0.2) is 9.96 Å². The quantitative estimate of drug-likeness (QED) is 0.320. The number of halogens is 1. The number of carbonyl (C=O) groups excluding carboxylic acids is 2. The zero-order valence-electron chi connectivity index (χ0n) is 18.8. The zero-order chi connectivity index (χ0) is 24.1. The van der Waals surface area contributed by atoms with Gasteiger partial charge in [0.2, 0.25) is 5.91 Å². The minimum atomic E-state index is -0.924. The summed E-state index contributed by atoms with van der Waals surface area (Å²) in [5.74, 6) is -0.650. The number of anilines is 2. The van der Waals surface area contributed by atoms with Gasteiger partial charge >= 0.3 is 0 Å². The van der Waals surface area contributed by atoms with Crippen LogP contribution in [0.2, 0.25) is 0 Å². The van der Waals surface area contributed by atoms with E-state index in [9.17, 15) is 9.59 Å². The third-order valence-corrected chi connectivity index (χ3v) is 7.27. The number of carbonyl (C=O) groups is 2. The van der Waals surface area contributed by atoms with Crippen LogP contribution in [0.15, 0.2) is 95.5 Å². The fourth-order valence-corrected chi connectivity index (χ4v) is 5.62. The molecule has 4 aromatic carbocycles. The fraction of sp³-hybridized carbons (Fsp3) is 0.143. The monoisotopic (exact) mass is 528 g/mol. The lowest BCUT2D eigenvalue weighted by Crippen LogP contribution is -2.37. The Morgan fingerprint density at radius 1 is 0.857 bits per heavy atom. The highest BCUT2D eigenvalue weighted by Crippen LogP contribution is 2.49. The summed E-state index contributed by atoms with van der Waals surface area (Å²) in [5.41, 5.74) is 2.20. The van der Waals surface area contributed by atoms with Crippen LogP contribution >= 0.6 is 15.9 Å². The molecule has 0 spiro atoms. The molecule has 0 aliphatic carbocycles. The van der Waals surface area contributed by atoms with E-state index in [1.807, 2.05) is 91.0 Å². The number of fused-ring (bicyclic) bond motifs is 2. The zero-order valence-corrected chi connectivity index (χ0v) is 20.4. The van der Waals surface area contributed by atoms with Crippen molar-refractivity contribution in [2.45, 2.75) is 12.1 Å². The van der Waals surface area contributed by atoms with Crippen LogP contribution in [0.1, 0.15) is 11.6 Å². The predicted molar refractivity (Wildman–Crippen MR) is 137 cm³/mol. The lowest BCUT2D eigenvalue weighted by Gasteiger charge is -2.29. The van der Waals surface area contributed by atoms with Gasteiger partial charge in [0.15, 0.2) is 6.10 Å². The first kappa shape index (κ1) is 21.8. The average molecular weight is 529 g/mol. The maximum absolute atomic E-state index is 14.0. The Morgan fingerprint density at radius 3 is 2.37 bits per heavy atom. The summed E-state index contributed by atoms with van der Waals surface area (Å²) >= 11 is 3.56. The van der Waals surface area contributed by atoms with Crippen molar-refractivity contribution in [3.8, 4) is 5.75 Å². The summed E-state index contributed by atoms with van der Waals surface area (Å²) in [5, 5.41) is 3.50. The third-order valence-electron chi connectivity index (χ3n) is 6.65. The Labute approximate surface area is 210 Å². The summed E-state index contributed by atoms with van der Waals surface area (Å²) < 4.78 is 6.15. The molecular weight excluding hydrogens is 508 g/mol. The van der Waals surface area contributed by atoms with Gasteiger partial charge in [-0.1, -0.05) is 60.7 Å². The van der Waals surface area contributed by atoms with Gasteiger partial charge < -0.3 is 4.74 Å². The van der Waals surface area contributed by atoms with Gasteiger partial charge in [0.1, 0.15) is 11.7 Å². The van der Waals surface area contributed by atoms with Gasteiger partial charge in [0, 0.05) is 5.39 Å². The molecule has 4 aromatic rings. The number of ether oxygens (including phenoxy) is 1. The smallest absolute Gasteiger partial charge is 0.266 e. The SMILES string of the molecule is COc1ccc([C@@H]2[C@H]3C(=O)N(c4cccc5ccccc45)C(=O)[C@@H]3ON2c2ccccc2)cc1Br. The van der Waals surface area contributed by atoms with Crippen LogP contribution in [0.4, 0.5) is 11.4 Å². The molecule has 7 heteroatoms. The Bertz CT molecular complexity index is 1450. The van der Waals surface area contributed by atoms with Crippen LogP contribution in [-0.4, -0.2) is 25.0 Å². The summed E-state index contributed by atoms with van der Waals surface area (Å²) in [4.78, 5) is 35.2. The molecule has 0 saturated carbocycles. The number of hydroxylamine groups is 1. The molecule has 2 amide bonds. The van der Waals surface area contributed by atoms with Crippen molar-refractivity contribution in [1.29, 1.82) is 0 Å². The second kappa shape index (κ2) is 8.52. The number of hydrogen-bond donors (Lipinski definition) is 0. The maximum Gasteiger partial charge on any atom is 0.266 e. The van der Waals surface area contributed by atoms with E-state index in [0.29, 0.717) is 11.4 Å². The van der Waals surface area contributed by atoms with Crippen LogP contribution in [-0.2, 0) is 14.4 Å². The van der Waals surface area contributed by atoms with Gasteiger partial charge in [-0.05, 0) is 57.2 Å². The largest absolute Gasteiger partial charge is 0.496 e. The highest BCUT2D eigenvalue weighted by atomic mass is 79.9. The first-order chi connectivity index (χ1) is 17.1. The van der Waals surface area contributed by atoms with Crippen molar-refractivity contribution in [3.05, 3.63) is 101 Å². The minimum Gasteiger partial charge on any atom is -0.496 e. The third kappa shape index (κ3) is 3.42. The summed E-state index contributed by atoms with van der Waals surface area (Å²) in [6.45, 7) is 0. The molecule has 6 nitrogen and oxygen atoms in total. The van der Waals surface area contributed by atoms with Gasteiger partial charge in [-0.3, -0.25) is 14.4 Å². The Morgan fingerprint density at radius 2 is 1.60 bits per heavy atom. The maximum atomic E-state index is 14.0. The minimum absolute atomic E-state index is 0.272. The van der Waals surface area contributed by atoms with E-state index in [1.165, 1.54) is 4.90 Å². The average Bonchev–Trinajstić information content (AvgIpc) is 3.40. The van der Waals surface area contributed by atoms with E-state index in [4.69, 9.17) is 9.57 Å². The molecule has 174 valence electrons. The predicted octanol–water partition coefficient (Wildman–Crippen LogP) is 5.66. The van der Waals surface area contributed by atoms with E-state index in [0.717, 1.165) is 26.5 Å². The molecular formula is C28H21BrN2O4. The number of methoxy groups -OCH3 is 1. The molecule has 3 atom stereocenters. The first-order valence-electron chi connectivity index (χ1n) is 11.3. The van der Waals surface area contributed by atoms with E-state index >= 15 is 0 Å². The van der Waals surface area contributed by atoms with Gasteiger partial charge in [0.25, 0.3) is 5.91 Å². The molecule has 0 N–H and O–H groups in total. The van der Waals surface area contributed by atoms with Crippen LogP contribution in [0.5, 0.6) is 5.75 Å². The molecule has 0 aromatic heterocycles. The van der Waals surface area contributed by atoms with Crippen molar-refractivity contribution in [1.82, 2.24) is 0 Å². The first-order valence-corrected chi connectivity index (χ1v) is 12.1. The highest BCUT2D eigenvalue weighted by molar-refractivity contribution is 9.10. The topological polar surface area (TPSA) is 59.1 Å². The van der Waals surface area contributed by atoms with Gasteiger partial charge in [-0.15, -0.1) is 0 Å². The molecule has 2 heterocycles. The Kier molecular flexibility index (Phi) is 5.31. The Balaban J connectivity index is 1.47. The van der Waals surface area contributed by atoms with Gasteiger partial charge in [-0.2, -0.15) is 0 Å². The summed E-state index contributed by atoms with van der Waals surface area (Å²) in [6.07, 6.45) is -0.924. The molecule has 2 aliphatic rings.